The Balaban J connectivity index is 1.42. The summed E-state index contributed by atoms with van der Waals surface area (Å²) in [7, 11) is 0. The van der Waals surface area contributed by atoms with Crippen LogP contribution in [0.15, 0.2) is 54.7 Å². The normalized spacial score (nSPS) is 10.6. The fraction of sp³-hybridized carbons (Fsp3) is 0.238. The number of aromatic amines is 1. The summed E-state index contributed by atoms with van der Waals surface area (Å²) in [6, 6.07) is 15.0. The van der Waals surface area contributed by atoms with Crippen molar-refractivity contribution in [3.63, 3.8) is 0 Å². The lowest BCUT2D eigenvalue weighted by atomic mass is 10.1. The van der Waals surface area contributed by atoms with Gasteiger partial charge in [-0.3, -0.25) is 4.79 Å². The first-order valence-corrected chi connectivity index (χ1v) is 9.00. The highest BCUT2D eigenvalue weighted by molar-refractivity contribution is 5.90. The van der Waals surface area contributed by atoms with Crippen LogP contribution in [0.5, 0.6) is 0 Å². The standard InChI is InChI=1S/C21H23N3O3/c1-2-27-21(26)15-7-9-17(10-8-15)23-14-20(25)22-12-11-16-13-24-19-6-4-3-5-18(16)19/h3-10,13,23-24H,2,11-12,14H2,1H3,(H,22,25). The molecule has 3 aromatic rings. The molecule has 140 valence electrons. The minimum absolute atomic E-state index is 0.0793. The summed E-state index contributed by atoms with van der Waals surface area (Å²) >= 11 is 0. The predicted octanol–water partition coefficient (Wildman–Crippen LogP) is 3.12. The van der Waals surface area contributed by atoms with Crippen molar-refractivity contribution in [1.82, 2.24) is 10.3 Å². The molecular weight excluding hydrogens is 342 g/mol. The quantitative estimate of drug-likeness (QED) is 0.536. The fourth-order valence-corrected chi connectivity index (χ4v) is 2.86. The molecule has 0 fully saturated rings. The van der Waals surface area contributed by atoms with Gasteiger partial charge in [0.15, 0.2) is 0 Å². The molecule has 27 heavy (non-hydrogen) atoms. The summed E-state index contributed by atoms with van der Waals surface area (Å²) in [6.07, 6.45) is 2.75. The van der Waals surface area contributed by atoms with Crippen molar-refractivity contribution in [2.24, 2.45) is 0 Å². The van der Waals surface area contributed by atoms with Gasteiger partial charge in [-0.05, 0) is 49.2 Å². The zero-order valence-corrected chi connectivity index (χ0v) is 15.2. The molecule has 0 aliphatic rings. The van der Waals surface area contributed by atoms with Crippen molar-refractivity contribution in [1.29, 1.82) is 0 Å². The molecule has 0 spiro atoms. The van der Waals surface area contributed by atoms with E-state index in [0.717, 1.165) is 17.6 Å². The number of esters is 1. The van der Waals surface area contributed by atoms with Crippen molar-refractivity contribution in [2.45, 2.75) is 13.3 Å². The molecule has 3 rings (SSSR count). The van der Waals surface area contributed by atoms with E-state index in [1.54, 1.807) is 31.2 Å². The number of ether oxygens (including phenoxy) is 1. The van der Waals surface area contributed by atoms with Gasteiger partial charge in [-0.15, -0.1) is 0 Å². The number of carbonyl (C=O) groups is 2. The fourth-order valence-electron chi connectivity index (χ4n) is 2.86. The molecule has 2 aromatic carbocycles. The lowest BCUT2D eigenvalue weighted by Gasteiger charge is -2.08. The van der Waals surface area contributed by atoms with Gasteiger partial charge in [0, 0.05) is 29.3 Å². The third-order valence-electron chi connectivity index (χ3n) is 4.24. The number of fused-ring (bicyclic) bond motifs is 1. The molecule has 0 radical (unpaired) electrons. The van der Waals surface area contributed by atoms with Crippen molar-refractivity contribution >= 4 is 28.5 Å². The molecule has 0 unspecified atom stereocenters. The van der Waals surface area contributed by atoms with E-state index in [-0.39, 0.29) is 18.4 Å². The number of H-pyrrole nitrogens is 1. The van der Waals surface area contributed by atoms with Crippen molar-refractivity contribution in [3.05, 3.63) is 65.9 Å². The highest BCUT2D eigenvalue weighted by atomic mass is 16.5. The summed E-state index contributed by atoms with van der Waals surface area (Å²) in [6.45, 7) is 2.86. The van der Waals surface area contributed by atoms with Crippen LogP contribution in [0.2, 0.25) is 0 Å². The maximum Gasteiger partial charge on any atom is 0.338 e. The number of hydrogen-bond acceptors (Lipinski definition) is 4. The molecule has 0 bridgehead atoms. The molecule has 0 saturated heterocycles. The average Bonchev–Trinajstić information content (AvgIpc) is 3.10. The zero-order valence-electron chi connectivity index (χ0n) is 15.2. The summed E-state index contributed by atoms with van der Waals surface area (Å²) in [5, 5.41) is 7.14. The topological polar surface area (TPSA) is 83.2 Å². The Bertz CT molecular complexity index is 916. The van der Waals surface area contributed by atoms with Crippen LogP contribution in [0, 0.1) is 0 Å². The van der Waals surface area contributed by atoms with E-state index in [0.29, 0.717) is 18.7 Å². The van der Waals surface area contributed by atoms with Crippen LogP contribution >= 0.6 is 0 Å². The van der Waals surface area contributed by atoms with Crippen molar-refractivity contribution in [2.75, 3.05) is 25.0 Å². The number of para-hydroxylation sites is 1. The Morgan fingerprint density at radius 1 is 1.07 bits per heavy atom. The van der Waals surface area contributed by atoms with Crippen LogP contribution in [0.1, 0.15) is 22.8 Å². The summed E-state index contributed by atoms with van der Waals surface area (Å²) in [4.78, 5) is 26.9. The van der Waals surface area contributed by atoms with Crippen molar-refractivity contribution < 1.29 is 14.3 Å². The maximum absolute atomic E-state index is 12.0. The molecular formula is C21H23N3O3. The van der Waals surface area contributed by atoms with Gasteiger partial charge >= 0.3 is 5.97 Å². The largest absolute Gasteiger partial charge is 0.462 e. The molecule has 1 heterocycles. The Hall–Kier alpha value is -3.28. The molecule has 3 N–H and O–H groups in total. The van der Waals surface area contributed by atoms with Gasteiger partial charge in [-0.2, -0.15) is 0 Å². The minimum Gasteiger partial charge on any atom is -0.462 e. The number of rotatable bonds is 8. The van der Waals surface area contributed by atoms with Crippen LogP contribution in [-0.4, -0.2) is 36.6 Å². The Morgan fingerprint density at radius 2 is 1.85 bits per heavy atom. The van der Waals surface area contributed by atoms with E-state index in [4.69, 9.17) is 4.74 Å². The number of amides is 1. The number of hydrogen-bond donors (Lipinski definition) is 3. The molecule has 6 heteroatoms. The van der Waals surface area contributed by atoms with Crippen LogP contribution in [0.4, 0.5) is 5.69 Å². The second-order valence-corrected chi connectivity index (χ2v) is 6.11. The molecule has 0 atom stereocenters. The van der Waals surface area contributed by atoms with Crippen LogP contribution in [0.25, 0.3) is 10.9 Å². The second-order valence-electron chi connectivity index (χ2n) is 6.11. The van der Waals surface area contributed by atoms with Crippen LogP contribution in [0.3, 0.4) is 0 Å². The SMILES string of the molecule is CCOC(=O)c1ccc(NCC(=O)NCCc2c[nH]c3ccccc23)cc1. The summed E-state index contributed by atoms with van der Waals surface area (Å²) in [5.41, 5.74) is 3.56. The highest BCUT2D eigenvalue weighted by Gasteiger charge is 2.07. The smallest absolute Gasteiger partial charge is 0.338 e. The number of benzene rings is 2. The maximum atomic E-state index is 12.0. The molecule has 1 amide bonds. The Kier molecular flexibility index (Phi) is 6.10. The third kappa shape index (κ3) is 4.88. The monoisotopic (exact) mass is 365 g/mol. The van der Waals surface area contributed by atoms with Crippen molar-refractivity contribution in [3.8, 4) is 0 Å². The lowest BCUT2D eigenvalue weighted by molar-refractivity contribution is -0.119. The van der Waals surface area contributed by atoms with Gasteiger partial charge in [0.2, 0.25) is 5.91 Å². The summed E-state index contributed by atoms with van der Waals surface area (Å²) < 4.78 is 4.94. The van der Waals surface area contributed by atoms with E-state index in [1.165, 1.54) is 10.9 Å². The summed E-state index contributed by atoms with van der Waals surface area (Å²) in [5.74, 6) is -0.427. The van der Waals surface area contributed by atoms with Gasteiger partial charge in [-0.25, -0.2) is 4.79 Å². The van der Waals surface area contributed by atoms with Gasteiger partial charge in [-0.1, -0.05) is 18.2 Å². The van der Waals surface area contributed by atoms with Gasteiger partial charge < -0.3 is 20.4 Å². The highest BCUT2D eigenvalue weighted by Crippen LogP contribution is 2.17. The number of aromatic nitrogens is 1. The van der Waals surface area contributed by atoms with Crippen LogP contribution in [-0.2, 0) is 16.0 Å². The van der Waals surface area contributed by atoms with E-state index < -0.39 is 0 Å². The first-order valence-electron chi connectivity index (χ1n) is 9.00. The molecule has 0 aliphatic heterocycles. The first kappa shape index (κ1) is 18.5. The van der Waals surface area contributed by atoms with E-state index >= 15 is 0 Å². The van der Waals surface area contributed by atoms with Gasteiger partial charge in [0.1, 0.15) is 0 Å². The van der Waals surface area contributed by atoms with Gasteiger partial charge in [0.05, 0.1) is 18.7 Å². The molecule has 1 aromatic heterocycles. The number of carbonyl (C=O) groups excluding carboxylic acids is 2. The first-order chi connectivity index (χ1) is 13.2. The average molecular weight is 365 g/mol. The third-order valence-corrected chi connectivity index (χ3v) is 4.24. The van der Waals surface area contributed by atoms with Crippen LogP contribution < -0.4 is 10.6 Å². The van der Waals surface area contributed by atoms with Gasteiger partial charge in [0.25, 0.3) is 0 Å². The lowest BCUT2D eigenvalue weighted by Crippen LogP contribution is -2.31. The molecule has 0 saturated carbocycles. The van der Waals surface area contributed by atoms with E-state index in [2.05, 4.69) is 21.7 Å². The second kappa shape index (κ2) is 8.89. The zero-order chi connectivity index (χ0) is 19.1. The number of anilines is 1. The molecule has 0 aliphatic carbocycles. The Labute approximate surface area is 157 Å². The molecule has 6 nitrogen and oxygen atoms in total. The van der Waals surface area contributed by atoms with E-state index in [9.17, 15) is 9.59 Å². The Morgan fingerprint density at radius 3 is 2.63 bits per heavy atom. The predicted molar refractivity (Wildman–Crippen MR) is 106 cm³/mol. The minimum atomic E-state index is -0.348. The van der Waals surface area contributed by atoms with E-state index in [1.807, 2.05) is 24.4 Å². The number of nitrogens with one attached hydrogen (secondary N) is 3.